The number of hydrogen-bond acceptors (Lipinski definition) is 5. The molecule has 2 aromatic rings. The molecule has 0 unspecified atom stereocenters. The minimum atomic E-state index is -0.336. The summed E-state index contributed by atoms with van der Waals surface area (Å²) in [5, 5.41) is 18.0. The third-order valence-electron chi connectivity index (χ3n) is 3.57. The van der Waals surface area contributed by atoms with Crippen molar-refractivity contribution in [2.24, 2.45) is 7.05 Å². The van der Waals surface area contributed by atoms with E-state index in [2.05, 4.69) is 20.4 Å². The van der Waals surface area contributed by atoms with Gasteiger partial charge in [-0.05, 0) is 12.8 Å². The molecule has 18 heavy (non-hydrogen) atoms. The van der Waals surface area contributed by atoms with Crippen molar-refractivity contribution in [3.8, 4) is 0 Å². The lowest BCUT2D eigenvalue weighted by atomic mass is 9.94. The van der Waals surface area contributed by atoms with E-state index in [9.17, 15) is 5.11 Å². The summed E-state index contributed by atoms with van der Waals surface area (Å²) >= 11 is 0. The van der Waals surface area contributed by atoms with E-state index in [1.54, 1.807) is 10.9 Å². The first-order valence-electron chi connectivity index (χ1n) is 6.17. The molecule has 2 rings (SSSR count). The lowest BCUT2D eigenvalue weighted by Gasteiger charge is -2.31. The van der Waals surface area contributed by atoms with E-state index in [1.165, 1.54) is 6.33 Å². The SMILES string of the molecule is CCC(CC)(CO)Nc1ncnc2c1cnn2C. The molecule has 6 nitrogen and oxygen atoms in total. The van der Waals surface area contributed by atoms with Gasteiger partial charge in [0.2, 0.25) is 0 Å². The number of fused-ring (bicyclic) bond motifs is 1. The topological polar surface area (TPSA) is 75.9 Å². The van der Waals surface area contributed by atoms with E-state index >= 15 is 0 Å². The van der Waals surface area contributed by atoms with Crippen LogP contribution in [0.1, 0.15) is 26.7 Å². The number of anilines is 1. The highest BCUT2D eigenvalue weighted by Crippen LogP contribution is 2.25. The van der Waals surface area contributed by atoms with Crippen molar-refractivity contribution in [3.05, 3.63) is 12.5 Å². The van der Waals surface area contributed by atoms with Crippen LogP contribution in [-0.2, 0) is 7.05 Å². The van der Waals surface area contributed by atoms with E-state index in [4.69, 9.17) is 0 Å². The fraction of sp³-hybridized carbons (Fsp3) is 0.583. The first-order chi connectivity index (χ1) is 8.65. The molecule has 2 aromatic heterocycles. The van der Waals surface area contributed by atoms with Crippen LogP contribution in [0.3, 0.4) is 0 Å². The van der Waals surface area contributed by atoms with Gasteiger partial charge in [-0.3, -0.25) is 4.68 Å². The van der Waals surface area contributed by atoms with Gasteiger partial charge in [-0.15, -0.1) is 0 Å². The van der Waals surface area contributed by atoms with E-state index < -0.39 is 0 Å². The summed E-state index contributed by atoms with van der Waals surface area (Å²) in [6.45, 7) is 4.18. The van der Waals surface area contributed by atoms with Crippen LogP contribution in [0.4, 0.5) is 5.82 Å². The average Bonchev–Trinajstić information content (AvgIpc) is 2.79. The maximum absolute atomic E-state index is 9.59. The molecule has 0 radical (unpaired) electrons. The van der Waals surface area contributed by atoms with Gasteiger partial charge >= 0.3 is 0 Å². The van der Waals surface area contributed by atoms with Crippen LogP contribution >= 0.6 is 0 Å². The van der Waals surface area contributed by atoms with E-state index in [0.29, 0.717) is 0 Å². The van der Waals surface area contributed by atoms with Crippen molar-refractivity contribution in [2.75, 3.05) is 11.9 Å². The highest BCUT2D eigenvalue weighted by molar-refractivity contribution is 5.86. The smallest absolute Gasteiger partial charge is 0.163 e. The maximum atomic E-state index is 9.59. The molecule has 98 valence electrons. The van der Waals surface area contributed by atoms with Gasteiger partial charge < -0.3 is 10.4 Å². The summed E-state index contributed by atoms with van der Waals surface area (Å²) in [5.41, 5.74) is 0.448. The Morgan fingerprint density at radius 1 is 1.33 bits per heavy atom. The van der Waals surface area contributed by atoms with E-state index in [0.717, 1.165) is 29.7 Å². The van der Waals surface area contributed by atoms with Gasteiger partial charge in [0.25, 0.3) is 0 Å². The van der Waals surface area contributed by atoms with Gasteiger partial charge in [0.05, 0.1) is 23.7 Å². The number of aryl methyl sites for hydroxylation is 1. The summed E-state index contributed by atoms with van der Waals surface area (Å²) in [6, 6.07) is 0. The Bertz CT molecular complexity index is 524. The number of hydrogen-bond donors (Lipinski definition) is 2. The van der Waals surface area contributed by atoms with Crippen molar-refractivity contribution < 1.29 is 5.11 Å². The molecule has 0 spiro atoms. The molecule has 0 aliphatic rings. The Kier molecular flexibility index (Phi) is 3.47. The molecule has 0 bridgehead atoms. The number of aliphatic hydroxyl groups is 1. The number of nitrogens with zero attached hydrogens (tertiary/aromatic N) is 4. The Morgan fingerprint density at radius 2 is 2.06 bits per heavy atom. The first kappa shape index (κ1) is 12.8. The highest BCUT2D eigenvalue weighted by atomic mass is 16.3. The molecule has 0 aliphatic heterocycles. The van der Waals surface area contributed by atoms with E-state index in [-0.39, 0.29) is 12.1 Å². The molecule has 0 saturated heterocycles. The molecule has 0 amide bonds. The largest absolute Gasteiger partial charge is 0.394 e. The number of aliphatic hydroxyl groups excluding tert-OH is 1. The predicted octanol–water partition coefficient (Wildman–Crippen LogP) is 1.33. The van der Waals surface area contributed by atoms with Crippen molar-refractivity contribution in [3.63, 3.8) is 0 Å². The standard InChI is InChI=1S/C12H19N5O/c1-4-12(5-2,7-18)16-10-9-6-15-17(3)11(9)14-8-13-10/h6,8,18H,4-5,7H2,1-3H3,(H,13,14,16). The second kappa shape index (κ2) is 4.89. The molecule has 0 aliphatic carbocycles. The van der Waals surface area contributed by atoms with Crippen LogP contribution in [0.15, 0.2) is 12.5 Å². The molecular formula is C12H19N5O. The molecule has 2 N–H and O–H groups in total. The van der Waals surface area contributed by atoms with Crippen LogP contribution in [0, 0.1) is 0 Å². The van der Waals surface area contributed by atoms with Gasteiger partial charge in [0, 0.05) is 7.05 Å². The monoisotopic (exact) mass is 249 g/mol. The van der Waals surface area contributed by atoms with Crippen molar-refractivity contribution >= 4 is 16.9 Å². The van der Waals surface area contributed by atoms with Gasteiger partial charge in [0.1, 0.15) is 12.1 Å². The predicted molar refractivity (Wildman–Crippen MR) is 70.3 cm³/mol. The molecule has 0 atom stereocenters. The summed E-state index contributed by atoms with van der Waals surface area (Å²) in [7, 11) is 1.85. The van der Waals surface area contributed by atoms with Gasteiger partial charge in [-0.1, -0.05) is 13.8 Å². The zero-order valence-electron chi connectivity index (χ0n) is 11.0. The quantitative estimate of drug-likeness (QED) is 0.836. The summed E-state index contributed by atoms with van der Waals surface area (Å²) < 4.78 is 1.71. The molecule has 0 saturated carbocycles. The molecular weight excluding hydrogens is 230 g/mol. The maximum Gasteiger partial charge on any atom is 0.163 e. The van der Waals surface area contributed by atoms with Gasteiger partial charge in [-0.25, -0.2) is 9.97 Å². The molecule has 6 heteroatoms. The lowest BCUT2D eigenvalue weighted by Crippen LogP contribution is -2.41. The van der Waals surface area contributed by atoms with Crippen molar-refractivity contribution in [1.82, 2.24) is 19.7 Å². The molecule has 0 fully saturated rings. The highest BCUT2D eigenvalue weighted by Gasteiger charge is 2.26. The minimum Gasteiger partial charge on any atom is -0.394 e. The van der Waals surface area contributed by atoms with Crippen molar-refractivity contribution in [1.29, 1.82) is 0 Å². The Morgan fingerprint density at radius 3 is 2.67 bits per heavy atom. The number of rotatable bonds is 5. The van der Waals surface area contributed by atoms with E-state index in [1.807, 2.05) is 20.9 Å². The summed E-state index contributed by atoms with van der Waals surface area (Å²) in [6.07, 6.45) is 4.91. The second-order valence-electron chi connectivity index (χ2n) is 4.50. The van der Waals surface area contributed by atoms with Crippen LogP contribution < -0.4 is 5.32 Å². The fourth-order valence-corrected chi connectivity index (χ4v) is 2.00. The zero-order chi connectivity index (χ0) is 13.2. The number of aromatic nitrogens is 4. The average molecular weight is 249 g/mol. The fourth-order valence-electron chi connectivity index (χ4n) is 2.00. The molecule has 0 aromatic carbocycles. The third kappa shape index (κ3) is 2.03. The van der Waals surface area contributed by atoms with Crippen LogP contribution in [-0.4, -0.2) is 37.0 Å². The molecule has 2 heterocycles. The Labute approximate surface area is 106 Å². The van der Waals surface area contributed by atoms with Gasteiger partial charge in [-0.2, -0.15) is 5.10 Å². The summed E-state index contributed by atoms with van der Waals surface area (Å²) in [4.78, 5) is 8.46. The third-order valence-corrected chi connectivity index (χ3v) is 3.57. The zero-order valence-corrected chi connectivity index (χ0v) is 11.0. The second-order valence-corrected chi connectivity index (χ2v) is 4.50. The number of nitrogens with one attached hydrogen (secondary N) is 1. The normalized spacial score (nSPS) is 12.0. The van der Waals surface area contributed by atoms with Gasteiger partial charge in [0.15, 0.2) is 5.65 Å². The van der Waals surface area contributed by atoms with Crippen LogP contribution in [0.5, 0.6) is 0 Å². The van der Waals surface area contributed by atoms with Crippen molar-refractivity contribution in [2.45, 2.75) is 32.2 Å². The first-order valence-corrected chi connectivity index (χ1v) is 6.17. The Balaban J connectivity index is 2.42. The lowest BCUT2D eigenvalue weighted by molar-refractivity contribution is 0.202. The van der Waals surface area contributed by atoms with Crippen LogP contribution in [0.2, 0.25) is 0 Å². The minimum absolute atomic E-state index is 0.0752. The Hall–Kier alpha value is -1.69. The van der Waals surface area contributed by atoms with Crippen LogP contribution in [0.25, 0.3) is 11.0 Å². The summed E-state index contributed by atoms with van der Waals surface area (Å²) in [5.74, 6) is 0.728.